The molecule has 1 aliphatic heterocycles. The molecular formula is C29H29ClN10O2. The molecule has 0 bridgehead atoms. The van der Waals surface area contributed by atoms with Crippen LogP contribution in [0.3, 0.4) is 0 Å². The summed E-state index contributed by atoms with van der Waals surface area (Å²) in [6.07, 6.45) is 8.11. The Hall–Kier alpha value is -4.97. The van der Waals surface area contributed by atoms with Crippen LogP contribution in [-0.4, -0.2) is 58.9 Å². The number of nitrogens with two attached hydrogens (primary N) is 1. The highest BCUT2D eigenvalue weighted by Crippen LogP contribution is 2.26. The minimum atomic E-state index is -0.413. The third kappa shape index (κ3) is 5.00. The zero-order chi connectivity index (χ0) is 29.4. The van der Waals surface area contributed by atoms with Crippen molar-refractivity contribution in [1.82, 2.24) is 39.2 Å². The van der Waals surface area contributed by atoms with Crippen LogP contribution in [0.2, 0.25) is 5.02 Å². The van der Waals surface area contributed by atoms with Gasteiger partial charge in [-0.3, -0.25) is 18.8 Å². The number of nitrogens with zero attached hydrogens (tertiary/aromatic N) is 8. The topological polar surface area (TPSA) is 142 Å². The van der Waals surface area contributed by atoms with Gasteiger partial charge < -0.3 is 16.0 Å². The minimum absolute atomic E-state index is 0.105. The van der Waals surface area contributed by atoms with Crippen molar-refractivity contribution in [3.8, 4) is 22.9 Å². The zero-order valence-corrected chi connectivity index (χ0v) is 23.9. The van der Waals surface area contributed by atoms with Crippen molar-refractivity contribution < 1.29 is 4.79 Å². The second kappa shape index (κ2) is 11.1. The molecule has 0 atom stereocenters. The number of amides is 1. The number of hydrogen-bond acceptors (Lipinski definition) is 8. The first-order valence-corrected chi connectivity index (χ1v) is 13.9. The number of nitrogens with one attached hydrogen (secondary N) is 1. The molecule has 6 rings (SSSR count). The molecule has 0 aliphatic carbocycles. The normalized spacial score (nSPS) is 13.8. The summed E-state index contributed by atoms with van der Waals surface area (Å²) in [4.78, 5) is 46.7. The molecule has 1 saturated heterocycles. The minimum Gasteiger partial charge on any atom is -0.381 e. The van der Waals surface area contributed by atoms with Crippen molar-refractivity contribution in [3.05, 3.63) is 94.0 Å². The number of anilines is 2. The summed E-state index contributed by atoms with van der Waals surface area (Å²) < 4.78 is 4.89. The van der Waals surface area contributed by atoms with Crippen molar-refractivity contribution in [1.29, 1.82) is 0 Å². The predicted octanol–water partition coefficient (Wildman–Crippen LogP) is 3.16. The quantitative estimate of drug-likeness (QED) is 0.310. The molecule has 42 heavy (non-hydrogen) atoms. The van der Waals surface area contributed by atoms with E-state index in [1.807, 2.05) is 29.0 Å². The van der Waals surface area contributed by atoms with Crippen LogP contribution in [0.15, 0.2) is 72.2 Å². The van der Waals surface area contributed by atoms with Gasteiger partial charge in [0.05, 0.1) is 28.3 Å². The Balaban J connectivity index is 1.16. The molecule has 0 unspecified atom stereocenters. The van der Waals surface area contributed by atoms with Gasteiger partial charge in [0.15, 0.2) is 11.6 Å². The van der Waals surface area contributed by atoms with Crippen molar-refractivity contribution in [2.75, 3.05) is 23.7 Å². The van der Waals surface area contributed by atoms with Crippen LogP contribution in [0.5, 0.6) is 0 Å². The van der Waals surface area contributed by atoms with Gasteiger partial charge >= 0.3 is 0 Å². The standard InChI is InChI=1S/C29H29ClN10O2/c1-18-25(29(42)40(37(18)2)23-8-4-3-6-20(23)30)28(41)34-19-10-13-38(14-11-19)27-26(31)33-16-22(36-27)21-7-5-9-24(35-21)39-15-12-32-17-39/h3-9,12,15-17,19H,10-11,13-14H2,1-2H3,(H2,31,33)(H,34,41). The van der Waals surface area contributed by atoms with E-state index in [9.17, 15) is 9.59 Å². The van der Waals surface area contributed by atoms with E-state index in [0.717, 1.165) is 0 Å². The number of para-hydroxylation sites is 1. The number of halogens is 1. The summed E-state index contributed by atoms with van der Waals surface area (Å²) in [7, 11) is 1.73. The molecule has 1 amide bonds. The monoisotopic (exact) mass is 584 g/mol. The summed E-state index contributed by atoms with van der Waals surface area (Å²) >= 11 is 6.34. The molecule has 214 valence electrons. The lowest BCUT2D eigenvalue weighted by Gasteiger charge is -2.33. The average Bonchev–Trinajstić information content (AvgIpc) is 3.61. The summed E-state index contributed by atoms with van der Waals surface area (Å²) in [6, 6.07) is 12.6. The van der Waals surface area contributed by atoms with Crippen molar-refractivity contribution in [2.45, 2.75) is 25.8 Å². The predicted molar refractivity (Wildman–Crippen MR) is 160 cm³/mol. The van der Waals surface area contributed by atoms with Crippen LogP contribution in [0.4, 0.5) is 11.6 Å². The van der Waals surface area contributed by atoms with E-state index in [-0.39, 0.29) is 11.6 Å². The Labute approximate surface area is 246 Å². The molecule has 1 aliphatic rings. The maximum Gasteiger partial charge on any atom is 0.284 e. The molecule has 4 aromatic heterocycles. The van der Waals surface area contributed by atoms with E-state index in [2.05, 4.69) is 20.2 Å². The van der Waals surface area contributed by atoms with E-state index < -0.39 is 11.5 Å². The van der Waals surface area contributed by atoms with E-state index >= 15 is 0 Å². The first-order valence-electron chi connectivity index (χ1n) is 13.5. The van der Waals surface area contributed by atoms with Crippen LogP contribution in [0.25, 0.3) is 22.9 Å². The molecule has 0 spiro atoms. The fourth-order valence-electron chi connectivity index (χ4n) is 5.21. The number of carbonyl (C=O) groups excluding carboxylic acids is 1. The molecular weight excluding hydrogens is 556 g/mol. The Morgan fingerprint density at radius 2 is 1.86 bits per heavy atom. The fraction of sp³-hybridized carbons (Fsp3) is 0.241. The molecule has 13 heteroatoms. The number of imidazole rings is 1. The van der Waals surface area contributed by atoms with Crippen LogP contribution in [0.1, 0.15) is 28.9 Å². The van der Waals surface area contributed by atoms with Gasteiger partial charge in [0.1, 0.15) is 23.4 Å². The first-order chi connectivity index (χ1) is 20.3. The fourth-order valence-corrected chi connectivity index (χ4v) is 5.42. The van der Waals surface area contributed by atoms with Crippen LogP contribution >= 0.6 is 11.6 Å². The Morgan fingerprint density at radius 3 is 2.60 bits per heavy atom. The van der Waals surface area contributed by atoms with Gasteiger partial charge in [-0.25, -0.2) is 24.6 Å². The zero-order valence-electron chi connectivity index (χ0n) is 23.1. The Kier molecular flexibility index (Phi) is 7.21. The maximum atomic E-state index is 13.3. The molecule has 12 nitrogen and oxygen atoms in total. The molecule has 3 N–H and O–H groups in total. The largest absolute Gasteiger partial charge is 0.381 e. The number of aromatic nitrogens is 7. The van der Waals surface area contributed by atoms with Gasteiger partial charge in [0.2, 0.25) is 0 Å². The van der Waals surface area contributed by atoms with Gasteiger partial charge in [-0.15, -0.1) is 0 Å². The van der Waals surface area contributed by atoms with E-state index in [1.54, 1.807) is 61.6 Å². The average molecular weight is 585 g/mol. The van der Waals surface area contributed by atoms with Crippen molar-refractivity contribution >= 4 is 29.1 Å². The number of piperidine rings is 1. The molecule has 1 fully saturated rings. The lowest BCUT2D eigenvalue weighted by atomic mass is 10.0. The van der Waals surface area contributed by atoms with E-state index in [4.69, 9.17) is 27.3 Å². The van der Waals surface area contributed by atoms with E-state index in [1.165, 1.54) is 4.68 Å². The summed E-state index contributed by atoms with van der Waals surface area (Å²) in [5.41, 5.74) is 8.27. The molecule has 0 saturated carbocycles. The summed E-state index contributed by atoms with van der Waals surface area (Å²) in [6.45, 7) is 2.96. The molecule has 5 aromatic rings. The third-order valence-electron chi connectivity index (χ3n) is 7.54. The van der Waals surface area contributed by atoms with Crippen LogP contribution < -0.4 is 21.5 Å². The lowest BCUT2D eigenvalue weighted by Crippen LogP contribution is -2.46. The van der Waals surface area contributed by atoms with Gasteiger partial charge in [-0.2, -0.15) is 0 Å². The molecule has 0 radical (unpaired) electrons. The second-order valence-electron chi connectivity index (χ2n) is 10.1. The number of nitrogen functional groups attached to an aromatic ring is 1. The number of rotatable bonds is 6. The van der Waals surface area contributed by atoms with Gasteiger partial charge in [0, 0.05) is 38.6 Å². The number of benzene rings is 1. The smallest absolute Gasteiger partial charge is 0.284 e. The van der Waals surface area contributed by atoms with E-state index in [0.29, 0.717) is 71.2 Å². The number of hydrogen-bond donors (Lipinski definition) is 2. The van der Waals surface area contributed by atoms with Crippen LogP contribution in [-0.2, 0) is 7.05 Å². The summed E-state index contributed by atoms with van der Waals surface area (Å²) in [5, 5.41) is 3.48. The number of carbonyl (C=O) groups is 1. The number of pyridine rings is 1. The summed E-state index contributed by atoms with van der Waals surface area (Å²) in [5.74, 6) is 1.22. The van der Waals surface area contributed by atoms with Crippen molar-refractivity contribution in [3.63, 3.8) is 0 Å². The first kappa shape index (κ1) is 27.2. The highest BCUT2D eigenvalue weighted by Gasteiger charge is 2.28. The third-order valence-corrected chi connectivity index (χ3v) is 7.86. The molecule has 1 aromatic carbocycles. The highest BCUT2D eigenvalue weighted by molar-refractivity contribution is 6.32. The Bertz CT molecular complexity index is 1820. The van der Waals surface area contributed by atoms with Crippen molar-refractivity contribution in [2.24, 2.45) is 7.05 Å². The SMILES string of the molecule is Cc1c(C(=O)NC2CCN(c3nc(-c4cccc(-n5ccnc5)n4)cnc3N)CC2)c(=O)n(-c2ccccc2Cl)n1C. The van der Waals surface area contributed by atoms with Gasteiger partial charge in [-0.05, 0) is 44.0 Å². The lowest BCUT2D eigenvalue weighted by molar-refractivity contribution is 0.0929. The molecule has 5 heterocycles. The second-order valence-corrected chi connectivity index (χ2v) is 10.5. The van der Waals surface area contributed by atoms with Gasteiger partial charge in [0.25, 0.3) is 11.5 Å². The Morgan fingerprint density at radius 1 is 1.07 bits per heavy atom. The maximum absolute atomic E-state index is 13.3. The van der Waals surface area contributed by atoms with Gasteiger partial charge in [-0.1, -0.05) is 29.8 Å². The van der Waals surface area contributed by atoms with Crippen LogP contribution in [0, 0.1) is 6.92 Å². The highest BCUT2D eigenvalue weighted by atomic mass is 35.5.